The highest BCUT2D eigenvalue weighted by Gasteiger charge is 2.04. The van der Waals surface area contributed by atoms with E-state index in [9.17, 15) is 13.2 Å². The predicted molar refractivity (Wildman–Crippen MR) is 68.4 cm³/mol. The van der Waals surface area contributed by atoms with Crippen molar-refractivity contribution in [2.24, 2.45) is 0 Å². The van der Waals surface area contributed by atoms with E-state index in [2.05, 4.69) is 5.32 Å². The van der Waals surface area contributed by atoms with Crippen LogP contribution in [0.1, 0.15) is 10.4 Å². The van der Waals surface area contributed by atoms with E-state index < -0.39 is 11.6 Å². The summed E-state index contributed by atoms with van der Waals surface area (Å²) in [7, 11) is 0. The average Bonchev–Trinajstić information content (AvgIpc) is 2.69. The minimum Gasteiger partial charge on any atom is -0.308 e. The molecule has 0 aliphatic heterocycles. The highest BCUT2D eigenvalue weighted by molar-refractivity contribution is 7.10. The van der Waals surface area contributed by atoms with Gasteiger partial charge in [0, 0.05) is 23.5 Å². The van der Waals surface area contributed by atoms with Crippen molar-refractivity contribution in [3.63, 3.8) is 0 Å². The lowest BCUT2D eigenvalue weighted by Crippen LogP contribution is -2.13. The average molecular weight is 294 g/mol. The molecule has 0 saturated heterocycles. The molecule has 18 heavy (non-hydrogen) atoms. The molecule has 2 aromatic rings. The molecule has 0 amide bonds. The zero-order chi connectivity index (χ0) is 12.3. The third-order valence-electron chi connectivity index (χ3n) is 2.25. The Kier molecular flexibility index (Phi) is 5.65. The van der Waals surface area contributed by atoms with E-state index >= 15 is 0 Å². The molecule has 1 nitrogen and oxygen atoms in total. The molecule has 1 N–H and O–H groups in total. The van der Waals surface area contributed by atoms with Gasteiger partial charge in [0.2, 0.25) is 0 Å². The Balaban J connectivity index is 0.00000162. The van der Waals surface area contributed by atoms with Crippen LogP contribution < -0.4 is 5.32 Å². The van der Waals surface area contributed by atoms with Gasteiger partial charge in [0.1, 0.15) is 11.6 Å². The lowest BCUT2D eigenvalue weighted by Gasteiger charge is -2.04. The minimum atomic E-state index is -0.467. The van der Waals surface area contributed by atoms with Gasteiger partial charge in [-0.25, -0.2) is 8.78 Å². The van der Waals surface area contributed by atoms with Gasteiger partial charge in [0.25, 0.3) is 0 Å². The maximum atomic E-state index is 13.2. The van der Waals surface area contributed by atoms with E-state index in [1.807, 2.05) is 0 Å². The Labute approximate surface area is 113 Å². The van der Waals surface area contributed by atoms with Crippen molar-refractivity contribution in [2.75, 3.05) is 0 Å². The van der Waals surface area contributed by atoms with Crippen LogP contribution in [-0.2, 0) is 13.1 Å². The van der Waals surface area contributed by atoms with Crippen molar-refractivity contribution in [1.29, 1.82) is 0 Å². The van der Waals surface area contributed by atoms with Gasteiger partial charge >= 0.3 is 0 Å². The number of rotatable bonds is 4. The normalized spacial score (nSPS) is 10.2. The largest absolute Gasteiger partial charge is 0.308 e. The summed E-state index contributed by atoms with van der Waals surface area (Å²) in [6.07, 6.45) is 0. The number of nitrogens with one attached hydrogen (secondary N) is 1. The Morgan fingerprint density at radius 3 is 2.44 bits per heavy atom. The first-order valence-corrected chi connectivity index (χ1v) is 5.85. The summed E-state index contributed by atoms with van der Waals surface area (Å²) in [6, 6.07) is 6.36. The SMILES string of the molecule is Cl.Fc1ccc(F)c(CNCc2ccc(F)s2)c1. The highest BCUT2D eigenvalue weighted by atomic mass is 35.5. The fourth-order valence-electron chi connectivity index (χ4n) is 1.45. The first-order valence-electron chi connectivity index (χ1n) is 5.04. The lowest BCUT2D eigenvalue weighted by molar-refractivity contribution is 0.569. The van der Waals surface area contributed by atoms with Crippen molar-refractivity contribution in [2.45, 2.75) is 13.1 Å². The number of thiophene rings is 1. The Bertz CT molecular complexity index is 516. The van der Waals surface area contributed by atoms with Crippen LogP contribution >= 0.6 is 23.7 Å². The third kappa shape index (κ3) is 4.01. The second kappa shape index (κ2) is 6.78. The number of halogens is 4. The van der Waals surface area contributed by atoms with Crippen LogP contribution in [-0.4, -0.2) is 0 Å². The smallest absolute Gasteiger partial charge is 0.176 e. The van der Waals surface area contributed by atoms with Crippen LogP contribution in [0.25, 0.3) is 0 Å². The molecule has 1 heterocycles. The predicted octanol–water partition coefficient (Wildman–Crippen LogP) is 3.88. The summed E-state index contributed by atoms with van der Waals surface area (Å²) >= 11 is 1.03. The molecule has 0 aliphatic carbocycles. The van der Waals surface area contributed by atoms with E-state index in [-0.39, 0.29) is 29.6 Å². The fourth-order valence-corrected chi connectivity index (χ4v) is 2.14. The van der Waals surface area contributed by atoms with Gasteiger partial charge in [-0.05, 0) is 30.3 Å². The first kappa shape index (κ1) is 15.0. The fraction of sp³-hybridized carbons (Fsp3) is 0.167. The molecule has 98 valence electrons. The van der Waals surface area contributed by atoms with Crippen LogP contribution in [0.4, 0.5) is 13.2 Å². The Morgan fingerprint density at radius 2 is 1.78 bits per heavy atom. The van der Waals surface area contributed by atoms with Crippen LogP contribution in [0.5, 0.6) is 0 Å². The first-order chi connectivity index (χ1) is 8.15. The van der Waals surface area contributed by atoms with Gasteiger partial charge in [-0.1, -0.05) is 0 Å². The van der Waals surface area contributed by atoms with Crippen molar-refractivity contribution in [3.05, 3.63) is 57.5 Å². The Morgan fingerprint density at radius 1 is 1.00 bits per heavy atom. The molecule has 0 spiro atoms. The molecule has 0 fully saturated rings. The molecule has 0 unspecified atom stereocenters. The van der Waals surface area contributed by atoms with Crippen molar-refractivity contribution < 1.29 is 13.2 Å². The van der Waals surface area contributed by atoms with Crippen LogP contribution in [0, 0.1) is 16.8 Å². The van der Waals surface area contributed by atoms with Gasteiger partial charge in [-0.2, -0.15) is 4.39 Å². The maximum Gasteiger partial charge on any atom is 0.176 e. The summed E-state index contributed by atoms with van der Waals surface area (Å²) in [5, 5.41) is 2.69. The molecule has 0 atom stereocenters. The maximum absolute atomic E-state index is 13.2. The highest BCUT2D eigenvalue weighted by Crippen LogP contribution is 2.14. The van der Waals surface area contributed by atoms with E-state index in [0.717, 1.165) is 34.4 Å². The molecule has 2 rings (SSSR count). The van der Waals surface area contributed by atoms with Gasteiger partial charge in [0.05, 0.1) is 0 Å². The molecule has 0 aliphatic rings. The van der Waals surface area contributed by atoms with Gasteiger partial charge in [-0.3, -0.25) is 0 Å². The van der Waals surface area contributed by atoms with E-state index in [1.54, 1.807) is 6.07 Å². The second-order valence-corrected chi connectivity index (χ2v) is 4.66. The molecule has 1 aromatic carbocycles. The molecule has 6 heteroatoms. The summed E-state index contributed by atoms with van der Waals surface area (Å²) in [5.41, 5.74) is 0.266. The Hall–Kier alpha value is -1.04. The second-order valence-electron chi connectivity index (χ2n) is 3.55. The summed E-state index contributed by atoms with van der Waals surface area (Å²) in [5.74, 6) is -0.915. The van der Waals surface area contributed by atoms with E-state index in [0.29, 0.717) is 6.54 Å². The number of benzene rings is 1. The standard InChI is InChI=1S/C12H10F3NS.ClH/c13-9-1-3-11(14)8(5-9)6-16-7-10-2-4-12(15)17-10;/h1-5,16H,6-7H2;1H. The molecule has 0 bridgehead atoms. The van der Waals surface area contributed by atoms with Crippen LogP contribution in [0.3, 0.4) is 0 Å². The molecule has 0 saturated carbocycles. The summed E-state index contributed by atoms with van der Waals surface area (Å²) in [4.78, 5) is 0.819. The minimum absolute atomic E-state index is 0. The number of hydrogen-bond acceptors (Lipinski definition) is 2. The number of hydrogen-bond donors (Lipinski definition) is 1. The lowest BCUT2D eigenvalue weighted by atomic mass is 10.2. The molecular weight excluding hydrogens is 283 g/mol. The third-order valence-corrected chi connectivity index (χ3v) is 3.12. The molecule has 1 aromatic heterocycles. The summed E-state index contributed by atoms with van der Waals surface area (Å²) < 4.78 is 38.8. The van der Waals surface area contributed by atoms with Gasteiger partial charge in [-0.15, -0.1) is 23.7 Å². The zero-order valence-electron chi connectivity index (χ0n) is 9.25. The molecule has 0 radical (unpaired) electrons. The monoisotopic (exact) mass is 293 g/mol. The van der Waals surface area contributed by atoms with E-state index in [1.165, 1.54) is 6.07 Å². The van der Waals surface area contributed by atoms with Crippen LogP contribution in [0.2, 0.25) is 0 Å². The zero-order valence-corrected chi connectivity index (χ0v) is 10.9. The van der Waals surface area contributed by atoms with E-state index in [4.69, 9.17) is 0 Å². The molecular formula is C12H11ClF3NS. The quantitative estimate of drug-likeness (QED) is 0.902. The van der Waals surface area contributed by atoms with Gasteiger partial charge < -0.3 is 5.32 Å². The van der Waals surface area contributed by atoms with Crippen LogP contribution in [0.15, 0.2) is 30.3 Å². The summed E-state index contributed by atoms with van der Waals surface area (Å²) in [6.45, 7) is 0.646. The topological polar surface area (TPSA) is 12.0 Å². The van der Waals surface area contributed by atoms with Crippen molar-refractivity contribution in [1.82, 2.24) is 5.32 Å². The van der Waals surface area contributed by atoms with Crippen molar-refractivity contribution >= 4 is 23.7 Å². The van der Waals surface area contributed by atoms with Gasteiger partial charge in [0.15, 0.2) is 5.13 Å². The van der Waals surface area contributed by atoms with Crippen molar-refractivity contribution in [3.8, 4) is 0 Å².